The molecule has 0 saturated heterocycles. The van der Waals surface area contributed by atoms with Gasteiger partial charge in [-0.25, -0.2) is 0 Å². The van der Waals surface area contributed by atoms with Gasteiger partial charge in [0.05, 0.1) is 7.11 Å². The van der Waals surface area contributed by atoms with Crippen molar-refractivity contribution in [2.24, 2.45) is 5.92 Å². The Balaban J connectivity index is 1.89. The molecule has 4 heteroatoms. The zero-order valence-corrected chi connectivity index (χ0v) is 9.85. The lowest BCUT2D eigenvalue weighted by molar-refractivity contribution is -0.140. The number of carboxylic acids is 1. The molecule has 0 heterocycles. The first-order valence-corrected chi connectivity index (χ1v) is 5.80. The molecule has 0 radical (unpaired) electrons. The number of aliphatic carboxylic acids is 1. The van der Waals surface area contributed by atoms with E-state index in [1.54, 1.807) is 7.11 Å². The van der Waals surface area contributed by atoms with Crippen LogP contribution in [-0.4, -0.2) is 24.2 Å². The maximum absolute atomic E-state index is 11.0. The second kappa shape index (κ2) is 5.19. The zero-order chi connectivity index (χ0) is 12.3. The molecule has 2 rings (SSSR count). The molecule has 1 aliphatic carbocycles. The second-order valence-electron chi connectivity index (χ2n) is 4.38. The minimum atomic E-state index is -0.749. The monoisotopic (exact) mass is 235 g/mol. The maximum Gasteiger partial charge on any atom is 0.320 e. The van der Waals surface area contributed by atoms with Gasteiger partial charge in [0.25, 0.3) is 0 Å². The summed E-state index contributed by atoms with van der Waals surface area (Å²) in [6.07, 6.45) is 2.04. The Kier molecular flexibility index (Phi) is 3.64. The molecule has 1 aliphatic rings. The smallest absolute Gasteiger partial charge is 0.320 e. The Bertz CT molecular complexity index is 384. The molecular formula is C13H17NO3. The van der Waals surface area contributed by atoms with Gasteiger partial charge in [-0.3, -0.25) is 4.79 Å². The second-order valence-corrected chi connectivity index (χ2v) is 4.38. The van der Waals surface area contributed by atoms with Gasteiger partial charge in [-0.05, 0) is 36.5 Å². The molecule has 1 atom stereocenters. The molecule has 0 aromatic heterocycles. The summed E-state index contributed by atoms with van der Waals surface area (Å²) >= 11 is 0. The SMILES string of the molecule is COc1ccc(CNC(C(=O)O)C2CC2)cc1. The number of hydrogen-bond donors (Lipinski definition) is 2. The number of rotatable bonds is 6. The van der Waals surface area contributed by atoms with Crippen LogP contribution in [0.15, 0.2) is 24.3 Å². The molecule has 2 N–H and O–H groups in total. The van der Waals surface area contributed by atoms with E-state index in [9.17, 15) is 4.79 Å². The van der Waals surface area contributed by atoms with Gasteiger partial charge in [0.15, 0.2) is 0 Å². The van der Waals surface area contributed by atoms with Crippen LogP contribution in [0.25, 0.3) is 0 Å². The van der Waals surface area contributed by atoms with Crippen molar-refractivity contribution in [1.82, 2.24) is 5.32 Å². The van der Waals surface area contributed by atoms with Gasteiger partial charge < -0.3 is 15.2 Å². The summed E-state index contributed by atoms with van der Waals surface area (Å²) in [7, 11) is 1.63. The third-order valence-electron chi connectivity index (χ3n) is 3.04. The van der Waals surface area contributed by atoms with Gasteiger partial charge in [-0.1, -0.05) is 12.1 Å². The number of benzene rings is 1. The summed E-state index contributed by atoms with van der Waals surface area (Å²) in [6.45, 7) is 0.581. The normalized spacial score (nSPS) is 16.5. The molecule has 1 aromatic carbocycles. The molecule has 1 saturated carbocycles. The Morgan fingerprint density at radius 2 is 2.12 bits per heavy atom. The summed E-state index contributed by atoms with van der Waals surface area (Å²) in [5.74, 6) is 0.373. The highest BCUT2D eigenvalue weighted by Gasteiger charge is 2.35. The minimum Gasteiger partial charge on any atom is -0.497 e. The molecule has 4 nitrogen and oxygen atoms in total. The standard InChI is InChI=1S/C13H17NO3/c1-17-11-6-2-9(3-7-11)8-14-12(13(15)16)10-4-5-10/h2-3,6-7,10,12,14H,4-5,8H2,1H3,(H,15,16). The van der Waals surface area contributed by atoms with Crippen LogP contribution in [0.3, 0.4) is 0 Å². The van der Waals surface area contributed by atoms with Crippen molar-refractivity contribution < 1.29 is 14.6 Å². The zero-order valence-electron chi connectivity index (χ0n) is 9.85. The number of nitrogens with one attached hydrogen (secondary N) is 1. The lowest BCUT2D eigenvalue weighted by Crippen LogP contribution is -2.37. The average molecular weight is 235 g/mol. The van der Waals surface area contributed by atoms with E-state index in [1.165, 1.54) is 0 Å². The number of hydrogen-bond acceptors (Lipinski definition) is 3. The predicted octanol–water partition coefficient (Wildman–Crippen LogP) is 1.65. The van der Waals surface area contributed by atoms with E-state index in [0.29, 0.717) is 12.5 Å². The van der Waals surface area contributed by atoms with E-state index in [0.717, 1.165) is 24.2 Å². The van der Waals surface area contributed by atoms with Gasteiger partial charge in [0, 0.05) is 6.54 Å². The Morgan fingerprint density at radius 1 is 1.47 bits per heavy atom. The van der Waals surface area contributed by atoms with E-state index in [4.69, 9.17) is 9.84 Å². The lowest BCUT2D eigenvalue weighted by atomic mass is 10.1. The van der Waals surface area contributed by atoms with Crippen LogP contribution in [0.1, 0.15) is 18.4 Å². The van der Waals surface area contributed by atoms with Crippen LogP contribution in [0.2, 0.25) is 0 Å². The van der Waals surface area contributed by atoms with Crippen LogP contribution in [0, 0.1) is 5.92 Å². The fourth-order valence-corrected chi connectivity index (χ4v) is 1.86. The van der Waals surface area contributed by atoms with Gasteiger partial charge >= 0.3 is 5.97 Å². The van der Waals surface area contributed by atoms with Crippen molar-refractivity contribution in [3.63, 3.8) is 0 Å². The summed E-state index contributed by atoms with van der Waals surface area (Å²) in [5.41, 5.74) is 1.07. The van der Waals surface area contributed by atoms with Crippen LogP contribution in [0.4, 0.5) is 0 Å². The van der Waals surface area contributed by atoms with E-state index < -0.39 is 12.0 Å². The third-order valence-corrected chi connectivity index (χ3v) is 3.04. The van der Waals surface area contributed by atoms with Gasteiger partial charge in [0.2, 0.25) is 0 Å². The highest BCUT2D eigenvalue weighted by atomic mass is 16.5. The van der Waals surface area contributed by atoms with Crippen molar-refractivity contribution in [1.29, 1.82) is 0 Å². The molecule has 1 fully saturated rings. The number of ether oxygens (including phenoxy) is 1. The topological polar surface area (TPSA) is 58.6 Å². The number of methoxy groups -OCH3 is 1. The van der Waals surface area contributed by atoms with E-state index >= 15 is 0 Å². The Morgan fingerprint density at radius 3 is 2.59 bits per heavy atom. The molecule has 0 aliphatic heterocycles. The van der Waals surface area contributed by atoms with Crippen LogP contribution >= 0.6 is 0 Å². The van der Waals surface area contributed by atoms with E-state index in [2.05, 4.69) is 5.32 Å². The van der Waals surface area contributed by atoms with Gasteiger partial charge in [-0.2, -0.15) is 0 Å². The van der Waals surface area contributed by atoms with Crippen molar-refractivity contribution in [2.75, 3.05) is 7.11 Å². The van der Waals surface area contributed by atoms with Crippen molar-refractivity contribution >= 4 is 5.97 Å². The van der Waals surface area contributed by atoms with E-state index in [-0.39, 0.29) is 0 Å². The van der Waals surface area contributed by atoms with Crippen molar-refractivity contribution in [3.05, 3.63) is 29.8 Å². The van der Waals surface area contributed by atoms with Crippen molar-refractivity contribution in [3.8, 4) is 5.75 Å². The van der Waals surface area contributed by atoms with Gasteiger partial charge in [-0.15, -0.1) is 0 Å². The third kappa shape index (κ3) is 3.20. The molecule has 92 valence electrons. The van der Waals surface area contributed by atoms with Gasteiger partial charge in [0.1, 0.15) is 11.8 Å². The first-order valence-electron chi connectivity index (χ1n) is 5.80. The summed E-state index contributed by atoms with van der Waals surface area (Å²) < 4.78 is 5.07. The maximum atomic E-state index is 11.0. The quantitative estimate of drug-likeness (QED) is 0.787. The summed E-state index contributed by atoms with van der Waals surface area (Å²) in [5, 5.41) is 12.2. The molecule has 0 amide bonds. The largest absolute Gasteiger partial charge is 0.497 e. The van der Waals surface area contributed by atoms with Crippen LogP contribution < -0.4 is 10.1 Å². The molecular weight excluding hydrogens is 218 g/mol. The number of carboxylic acid groups (broad SMARTS) is 1. The lowest BCUT2D eigenvalue weighted by Gasteiger charge is -2.13. The van der Waals surface area contributed by atoms with Crippen LogP contribution in [-0.2, 0) is 11.3 Å². The first kappa shape index (κ1) is 11.9. The highest BCUT2D eigenvalue weighted by Crippen LogP contribution is 2.32. The van der Waals surface area contributed by atoms with E-state index in [1.807, 2.05) is 24.3 Å². The minimum absolute atomic E-state index is 0.311. The molecule has 1 unspecified atom stereocenters. The summed E-state index contributed by atoms with van der Waals surface area (Å²) in [4.78, 5) is 11.0. The molecule has 0 spiro atoms. The predicted molar refractivity (Wildman–Crippen MR) is 64.0 cm³/mol. The first-order chi connectivity index (χ1) is 8.20. The van der Waals surface area contributed by atoms with Crippen molar-refractivity contribution in [2.45, 2.75) is 25.4 Å². The molecule has 17 heavy (non-hydrogen) atoms. The average Bonchev–Trinajstić information content (AvgIpc) is 3.14. The van der Waals surface area contributed by atoms with Crippen LogP contribution in [0.5, 0.6) is 5.75 Å². The fraction of sp³-hybridized carbons (Fsp3) is 0.462. The summed E-state index contributed by atoms with van der Waals surface area (Å²) in [6, 6.07) is 7.24. The Labute approximate surface area is 101 Å². The Hall–Kier alpha value is -1.55. The number of carbonyl (C=O) groups is 1. The molecule has 0 bridgehead atoms. The highest BCUT2D eigenvalue weighted by molar-refractivity contribution is 5.74. The molecule has 1 aromatic rings. The fourth-order valence-electron chi connectivity index (χ4n) is 1.86.